The summed E-state index contributed by atoms with van der Waals surface area (Å²) in [6.45, 7) is 18.7. The van der Waals surface area contributed by atoms with E-state index in [9.17, 15) is 0 Å². The van der Waals surface area contributed by atoms with Crippen LogP contribution in [0.3, 0.4) is 0 Å². The molecule has 5 nitrogen and oxygen atoms in total. The molecular formula is C22H22N2O3. The Morgan fingerprint density at radius 1 is 0.815 bits per heavy atom. The van der Waals surface area contributed by atoms with Gasteiger partial charge in [0.05, 0.1) is 46.2 Å². The lowest BCUT2D eigenvalue weighted by molar-refractivity contribution is 0.0274. The highest BCUT2D eigenvalue weighted by Gasteiger charge is 2.12. The molecule has 0 radical (unpaired) electrons. The van der Waals surface area contributed by atoms with Crippen molar-refractivity contribution in [3.8, 4) is 0 Å². The summed E-state index contributed by atoms with van der Waals surface area (Å²) in [6, 6.07) is 15.1. The molecule has 1 N–H and O–H groups in total. The van der Waals surface area contributed by atoms with Crippen molar-refractivity contribution in [2.24, 2.45) is 0 Å². The molecule has 0 aliphatic rings. The molecule has 0 saturated heterocycles. The number of hydrogen-bond acceptors (Lipinski definition) is 3. The SMILES string of the molecule is [C-]#[N+]C(=C([N+]#[C-])c1ccc(COCCOCCO)cc1)c1ccc(C)cc1. The van der Waals surface area contributed by atoms with Gasteiger partial charge < -0.3 is 14.6 Å². The molecule has 0 aromatic heterocycles. The van der Waals surface area contributed by atoms with Crippen molar-refractivity contribution < 1.29 is 14.6 Å². The number of aliphatic hydroxyl groups excluding tert-OH is 1. The van der Waals surface area contributed by atoms with Crippen LogP contribution in [0.5, 0.6) is 0 Å². The summed E-state index contributed by atoms with van der Waals surface area (Å²) >= 11 is 0. The number of hydrogen-bond donors (Lipinski definition) is 1. The lowest BCUT2D eigenvalue weighted by atomic mass is 10.0. The van der Waals surface area contributed by atoms with Crippen molar-refractivity contribution in [3.05, 3.63) is 93.6 Å². The van der Waals surface area contributed by atoms with Crippen LogP contribution in [-0.2, 0) is 16.1 Å². The lowest BCUT2D eigenvalue weighted by Gasteiger charge is -2.08. The first-order valence-electron chi connectivity index (χ1n) is 8.61. The van der Waals surface area contributed by atoms with Crippen LogP contribution in [0.15, 0.2) is 48.5 Å². The minimum Gasteiger partial charge on any atom is -0.394 e. The molecule has 27 heavy (non-hydrogen) atoms. The van der Waals surface area contributed by atoms with Gasteiger partial charge in [-0.3, -0.25) is 0 Å². The van der Waals surface area contributed by atoms with Gasteiger partial charge >= 0.3 is 0 Å². The molecule has 0 heterocycles. The van der Waals surface area contributed by atoms with Crippen LogP contribution >= 0.6 is 0 Å². The molecule has 0 unspecified atom stereocenters. The third kappa shape index (κ3) is 6.06. The zero-order valence-electron chi connectivity index (χ0n) is 15.3. The molecule has 138 valence electrons. The van der Waals surface area contributed by atoms with Gasteiger partial charge in [-0.15, -0.1) is 0 Å². The maximum atomic E-state index is 8.62. The quantitative estimate of drug-likeness (QED) is 0.413. The second-order valence-corrected chi connectivity index (χ2v) is 5.87. The van der Waals surface area contributed by atoms with Gasteiger partial charge in [-0.1, -0.05) is 54.1 Å². The fraction of sp³-hybridized carbons (Fsp3) is 0.273. The summed E-state index contributed by atoms with van der Waals surface area (Å²) in [5, 5.41) is 8.62. The van der Waals surface area contributed by atoms with Crippen LogP contribution in [0, 0.1) is 20.1 Å². The smallest absolute Gasteiger partial charge is 0.202 e. The largest absolute Gasteiger partial charge is 0.394 e. The molecule has 0 atom stereocenters. The zero-order chi connectivity index (χ0) is 19.5. The fourth-order valence-corrected chi connectivity index (χ4v) is 2.45. The van der Waals surface area contributed by atoms with E-state index >= 15 is 0 Å². The third-order valence-electron chi connectivity index (χ3n) is 3.88. The molecule has 0 fully saturated rings. The Bertz CT molecular complexity index is 841. The van der Waals surface area contributed by atoms with Gasteiger partial charge in [0.1, 0.15) is 0 Å². The van der Waals surface area contributed by atoms with E-state index in [2.05, 4.69) is 9.69 Å². The average Bonchev–Trinajstić information content (AvgIpc) is 2.70. The molecule has 0 aliphatic carbocycles. The summed E-state index contributed by atoms with van der Waals surface area (Å²) < 4.78 is 10.6. The maximum absolute atomic E-state index is 8.62. The van der Waals surface area contributed by atoms with Gasteiger partial charge in [0.25, 0.3) is 0 Å². The van der Waals surface area contributed by atoms with Gasteiger partial charge in [-0.2, -0.15) is 0 Å². The molecule has 2 rings (SSSR count). The summed E-state index contributed by atoms with van der Waals surface area (Å²) in [4.78, 5) is 7.21. The van der Waals surface area contributed by atoms with Crippen LogP contribution < -0.4 is 0 Å². The van der Waals surface area contributed by atoms with Gasteiger partial charge in [-0.05, 0) is 23.6 Å². The zero-order valence-corrected chi connectivity index (χ0v) is 15.3. The Hall–Kier alpha value is -2.96. The molecule has 0 aliphatic heterocycles. The van der Waals surface area contributed by atoms with E-state index in [0.717, 1.165) is 16.7 Å². The number of nitrogens with zero attached hydrogens (tertiary/aromatic N) is 2. The number of aryl methyl sites for hydroxylation is 1. The van der Waals surface area contributed by atoms with Crippen LogP contribution in [0.2, 0.25) is 0 Å². The van der Waals surface area contributed by atoms with Crippen molar-refractivity contribution in [1.29, 1.82) is 0 Å². The predicted octanol–water partition coefficient (Wildman–Crippen LogP) is 4.18. The van der Waals surface area contributed by atoms with Gasteiger partial charge in [0.15, 0.2) is 0 Å². The monoisotopic (exact) mass is 362 g/mol. The van der Waals surface area contributed by atoms with Crippen LogP contribution in [0.25, 0.3) is 21.1 Å². The number of ether oxygens (including phenoxy) is 2. The average molecular weight is 362 g/mol. The van der Waals surface area contributed by atoms with Crippen molar-refractivity contribution in [3.63, 3.8) is 0 Å². The highest BCUT2D eigenvalue weighted by molar-refractivity contribution is 5.96. The van der Waals surface area contributed by atoms with Crippen LogP contribution in [0.1, 0.15) is 22.3 Å². The van der Waals surface area contributed by atoms with Crippen molar-refractivity contribution in [2.45, 2.75) is 13.5 Å². The Labute approximate surface area is 160 Å². The van der Waals surface area contributed by atoms with E-state index in [1.54, 1.807) is 0 Å². The van der Waals surface area contributed by atoms with E-state index in [4.69, 9.17) is 27.7 Å². The van der Waals surface area contributed by atoms with E-state index in [1.165, 1.54) is 0 Å². The molecule has 0 bridgehead atoms. The molecule has 5 heteroatoms. The number of rotatable bonds is 9. The first-order chi connectivity index (χ1) is 13.2. The van der Waals surface area contributed by atoms with E-state index in [1.807, 2.05) is 55.5 Å². The normalized spacial score (nSPS) is 11.4. The number of benzene rings is 2. The lowest BCUT2D eigenvalue weighted by Crippen LogP contribution is -2.07. The topological polar surface area (TPSA) is 47.4 Å². The molecule has 0 spiro atoms. The van der Waals surface area contributed by atoms with Crippen molar-refractivity contribution >= 4 is 11.4 Å². The fourth-order valence-electron chi connectivity index (χ4n) is 2.45. The third-order valence-corrected chi connectivity index (χ3v) is 3.88. The Balaban J connectivity index is 2.10. The van der Waals surface area contributed by atoms with Crippen molar-refractivity contribution in [1.82, 2.24) is 0 Å². The summed E-state index contributed by atoms with van der Waals surface area (Å²) in [5.41, 5.74) is 4.25. The highest BCUT2D eigenvalue weighted by atomic mass is 16.5. The first kappa shape index (κ1) is 20.4. The summed E-state index contributed by atoms with van der Waals surface area (Å²) in [6.07, 6.45) is 0. The predicted molar refractivity (Wildman–Crippen MR) is 105 cm³/mol. The van der Waals surface area contributed by atoms with Crippen LogP contribution in [-0.4, -0.2) is 31.5 Å². The minimum absolute atomic E-state index is 0.00749. The number of aliphatic hydroxyl groups is 1. The first-order valence-corrected chi connectivity index (χ1v) is 8.61. The summed E-state index contributed by atoms with van der Waals surface area (Å²) in [5.74, 6) is 0. The second-order valence-electron chi connectivity index (χ2n) is 5.87. The second kappa shape index (κ2) is 10.9. The van der Waals surface area contributed by atoms with E-state index < -0.39 is 0 Å². The van der Waals surface area contributed by atoms with E-state index in [-0.39, 0.29) is 6.61 Å². The molecule has 2 aromatic carbocycles. The van der Waals surface area contributed by atoms with Gasteiger partial charge in [0, 0.05) is 0 Å². The van der Waals surface area contributed by atoms with Gasteiger partial charge in [0.2, 0.25) is 11.4 Å². The maximum Gasteiger partial charge on any atom is 0.202 e. The van der Waals surface area contributed by atoms with Gasteiger partial charge in [-0.25, -0.2) is 9.69 Å². The van der Waals surface area contributed by atoms with E-state index in [0.29, 0.717) is 43.4 Å². The summed E-state index contributed by atoms with van der Waals surface area (Å²) in [7, 11) is 0. The molecule has 0 amide bonds. The van der Waals surface area contributed by atoms with Crippen LogP contribution in [0.4, 0.5) is 0 Å². The molecule has 0 saturated carbocycles. The Morgan fingerprint density at radius 3 is 1.85 bits per heavy atom. The Morgan fingerprint density at radius 2 is 1.33 bits per heavy atom. The molecular weight excluding hydrogens is 340 g/mol. The standard InChI is InChI=1S/C22H22N2O3/c1-17-4-8-19(9-5-17)21(23-2)22(24-3)20-10-6-18(7-11-20)16-27-15-14-26-13-12-25/h4-11,25H,12-16H2,1H3. The van der Waals surface area contributed by atoms with Crippen molar-refractivity contribution in [2.75, 3.05) is 26.4 Å². The Kier molecular flexibility index (Phi) is 8.22. The molecule has 2 aromatic rings. The highest BCUT2D eigenvalue weighted by Crippen LogP contribution is 2.29. The minimum atomic E-state index is 0.00749.